The largest absolute Gasteiger partial charge is 0.458 e. The standard InChI is InChI=1S/C15H23N3O2/c1-4-6-14(19)18-8-5-7-13(10-18)20-15-16-11(2)9-12(3)17-15/h9,13H,4-8,10H2,1-3H3. The molecule has 1 aromatic rings. The molecule has 1 aromatic heterocycles. The van der Waals surface area contributed by atoms with Crippen molar-refractivity contribution in [3.8, 4) is 6.01 Å². The third kappa shape index (κ3) is 3.92. The van der Waals surface area contributed by atoms with Gasteiger partial charge in [0.05, 0.1) is 6.54 Å². The predicted molar refractivity (Wildman–Crippen MR) is 76.6 cm³/mol. The van der Waals surface area contributed by atoms with Crippen LogP contribution in [-0.2, 0) is 4.79 Å². The fourth-order valence-corrected chi connectivity index (χ4v) is 2.53. The van der Waals surface area contributed by atoms with E-state index in [9.17, 15) is 4.79 Å². The molecule has 1 aliphatic rings. The first kappa shape index (κ1) is 14.8. The first-order valence-corrected chi connectivity index (χ1v) is 7.35. The fraction of sp³-hybridized carbons (Fsp3) is 0.667. The van der Waals surface area contributed by atoms with Crippen LogP contribution in [0, 0.1) is 13.8 Å². The summed E-state index contributed by atoms with van der Waals surface area (Å²) in [6.45, 7) is 7.37. The highest BCUT2D eigenvalue weighted by molar-refractivity contribution is 5.76. The number of hydrogen-bond donors (Lipinski definition) is 0. The maximum absolute atomic E-state index is 11.9. The third-order valence-corrected chi connectivity index (χ3v) is 3.43. The van der Waals surface area contributed by atoms with E-state index < -0.39 is 0 Å². The molecule has 0 bridgehead atoms. The zero-order valence-corrected chi connectivity index (χ0v) is 12.6. The van der Waals surface area contributed by atoms with Crippen LogP contribution in [0.2, 0.25) is 0 Å². The van der Waals surface area contributed by atoms with Crippen LogP contribution >= 0.6 is 0 Å². The Morgan fingerprint density at radius 2 is 2.10 bits per heavy atom. The molecule has 1 saturated heterocycles. The first-order chi connectivity index (χ1) is 9.58. The number of likely N-dealkylation sites (tertiary alicyclic amines) is 1. The van der Waals surface area contributed by atoms with Gasteiger partial charge in [0.15, 0.2) is 0 Å². The van der Waals surface area contributed by atoms with Crippen LogP contribution in [0.15, 0.2) is 6.07 Å². The zero-order chi connectivity index (χ0) is 14.5. The van der Waals surface area contributed by atoms with E-state index in [4.69, 9.17) is 4.74 Å². The average Bonchev–Trinajstić information content (AvgIpc) is 2.38. The summed E-state index contributed by atoms with van der Waals surface area (Å²) in [7, 11) is 0. The Kier molecular flexibility index (Phi) is 4.93. The normalized spacial score (nSPS) is 18.9. The molecular formula is C15H23N3O2. The summed E-state index contributed by atoms with van der Waals surface area (Å²) in [5.41, 5.74) is 1.81. The molecule has 5 nitrogen and oxygen atoms in total. The van der Waals surface area contributed by atoms with Crippen LogP contribution in [0.3, 0.4) is 0 Å². The Bertz CT molecular complexity index is 456. The lowest BCUT2D eigenvalue weighted by Crippen LogP contribution is -2.44. The number of piperidine rings is 1. The van der Waals surface area contributed by atoms with Gasteiger partial charge in [-0.1, -0.05) is 6.92 Å². The Hall–Kier alpha value is -1.65. The molecule has 1 atom stereocenters. The van der Waals surface area contributed by atoms with Crippen molar-refractivity contribution in [2.45, 2.75) is 52.6 Å². The van der Waals surface area contributed by atoms with Crippen molar-refractivity contribution in [1.82, 2.24) is 14.9 Å². The first-order valence-electron chi connectivity index (χ1n) is 7.35. The van der Waals surface area contributed by atoms with Crippen molar-refractivity contribution in [2.75, 3.05) is 13.1 Å². The van der Waals surface area contributed by atoms with Gasteiger partial charge in [0.25, 0.3) is 0 Å². The van der Waals surface area contributed by atoms with Gasteiger partial charge < -0.3 is 9.64 Å². The SMILES string of the molecule is CCCC(=O)N1CCCC(Oc2nc(C)cc(C)n2)C1. The molecule has 1 aliphatic heterocycles. The molecule has 1 fully saturated rings. The van der Waals surface area contributed by atoms with E-state index >= 15 is 0 Å². The molecule has 20 heavy (non-hydrogen) atoms. The number of amides is 1. The minimum absolute atomic E-state index is 0.00533. The second-order valence-corrected chi connectivity index (χ2v) is 5.41. The molecule has 0 radical (unpaired) electrons. The van der Waals surface area contributed by atoms with Crippen molar-refractivity contribution in [3.63, 3.8) is 0 Å². The lowest BCUT2D eigenvalue weighted by Gasteiger charge is -2.32. The number of aromatic nitrogens is 2. The fourth-order valence-electron chi connectivity index (χ4n) is 2.53. The quantitative estimate of drug-likeness (QED) is 0.847. The number of hydrogen-bond acceptors (Lipinski definition) is 4. The summed E-state index contributed by atoms with van der Waals surface area (Å²) in [4.78, 5) is 22.4. The highest BCUT2D eigenvalue weighted by atomic mass is 16.5. The van der Waals surface area contributed by atoms with Crippen LogP contribution < -0.4 is 4.74 Å². The van der Waals surface area contributed by atoms with Gasteiger partial charge in [-0.05, 0) is 39.2 Å². The van der Waals surface area contributed by atoms with Gasteiger partial charge in [0.1, 0.15) is 6.10 Å². The van der Waals surface area contributed by atoms with Crippen LogP contribution in [0.5, 0.6) is 6.01 Å². The van der Waals surface area contributed by atoms with E-state index in [-0.39, 0.29) is 12.0 Å². The molecule has 2 heterocycles. The maximum Gasteiger partial charge on any atom is 0.317 e. The summed E-state index contributed by atoms with van der Waals surface area (Å²) >= 11 is 0. The number of rotatable bonds is 4. The van der Waals surface area contributed by atoms with Gasteiger partial charge in [0.2, 0.25) is 5.91 Å². The highest BCUT2D eigenvalue weighted by Crippen LogP contribution is 2.17. The molecular weight excluding hydrogens is 254 g/mol. The molecule has 5 heteroatoms. The van der Waals surface area contributed by atoms with Crippen LogP contribution in [0.25, 0.3) is 0 Å². The molecule has 0 N–H and O–H groups in total. The van der Waals surface area contributed by atoms with Crippen LogP contribution in [-0.4, -0.2) is 40.0 Å². The van der Waals surface area contributed by atoms with Crippen molar-refractivity contribution < 1.29 is 9.53 Å². The Morgan fingerprint density at radius 1 is 1.40 bits per heavy atom. The predicted octanol–water partition coefficient (Wildman–Crippen LogP) is 2.26. The number of nitrogens with zero attached hydrogens (tertiary/aromatic N) is 3. The summed E-state index contributed by atoms with van der Waals surface area (Å²) in [5, 5.41) is 0. The maximum atomic E-state index is 11.9. The molecule has 0 aliphatic carbocycles. The van der Waals surface area contributed by atoms with Crippen LogP contribution in [0.4, 0.5) is 0 Å². The highest BCUT2D eigenvalue weighted by Gasteiger charge is 2.25. The van der Waals surface area contributed by atoms with E-state index in [0.29, 0.717) is 19.0 Å². The Balaban J connectivity index is 1.97. The van der Waals surface area contributed by atoms with E-state index in [1.807, 2.05) is 31.7 Å². The van der Waals surface area contributed by atoms with E-state index in [2.05, 4.69) is 9.97 Å². The molecule has 0 spiro atoms. The number of aryl methyl sites for hydroxylation is 2. The second kappa shape index (κ2) is 6.68. The van der Waals surface area contributed by atoms with Gasteiger partial charge in [0, 0.05) is 24.4 Å². The number of carbonyl (C=O) groups excluding carboxylic acids is 1. The lowest BCUT2D eigenvalue weighted by atomic mass is 10.1. The summed E-state index contributed by atoms with van der Waals surface area (Å²) < 4.78 is 5.86. The van der Waals surface area contributed by atoms with E-state index in [0.717, 1.165) is 37.2 Å². The van der Waals surface area contributed by atoms with Gasteiger partial charge in [-0.2, -0.15) is 0 Å². The second-order valence-electron chi connectivity index (χ2n) is 5.41. The topological polar surface area (TPSA) is 55.3 Å². The van der Waals surface area contributed by atoms with Gasteiger partial charge in [-0.25, -0.2) is 9.97 Å². The minimum Gasteiger partial charge on any atom is -0.458 e. The number of ether oxygens (including phenoxy) is 1. The van der Waals surface area contributed by atoms with Crippen molar-refractivity contribution in [1.29, 1.82) is 0 Å². The third-order valence-electron chi connectivity index (χ3n) is 3.43. The lowest BCUT2D eigenvalue weighted by molar-refractivity contribution is -0.133. The minimum atomic E-state index is 0.00533. The summed E-state index contributed by atoms with van der Waals surface area (Å²) in [6.07, 6.45) is 3.44. The van der Waals surface area contributed by atoms with Gasteiger partial charge in [-0.3, -0.25) is 4.79 Å². The van der Waals surface area contributed by atoms with Crippen molar-refractivity contribution in [2.24, 2.45) is 0 Å². The van der Waals surface area contributed by atoms with Gasteiger partial charge in [-0.15, -0.1) is 0 Å². The molecule has 0 aromatic carbocycles. The molecule has 0 saturated carbocycles. The Labute approximate surface area is 120 Å². The van der Waals surface area contributed by atoms with E-state index in [1.165, 1.54) is 0 Å². The monoisotopic (exact) mass is 277 g/mol. The molecule has 110 valence electrons. The number of carbonyl (C=O) groups is 1. The molecule has 2 rings (SSSR count). The summed E-state index contributed by atoms with van der Waals surface area (Å²) in [6, 6.07) is 2.35. The van der Waals surface area contributed by atoms with Crippen LogP contribution in [0.1, 0.15) is 44.0 Å². The smallest absolute Gasteiger partial charge is 0.317 e. The molecule has 1 amide bonds. The molecule has 1 unspecified atom stereocenters. The zero-order valence-electron chi connectivity index (χ0n) is 12.6. The average molecular weight is 277 g/mol. The van der Waals surface area contributed by atoms with Crippen molar-refractivity contribution >= 4 is 5.91 Å². The van der Waals surface area contributed by atoms with Crippen molar-refractivity contribution in [3.05, 3.63) is 17.5 Å². The van der Waals surface area contributed by atoms with Gasteiger partial charge >= 0.3 is 6.01 Å². The van der Waals surface area contributed by atoms with E-state index in [1.54, 1.807) is 0 Å². The Morgan fingerprint density at radius 3 is 2.75 bits per heavy atom. The summed E-state index contributed by atoms with van der Waals surface area (Å²) in [5.74, 6) is 0.224.